The third-order valence-electron chi connectivity index (χ3n) is 4.39. The molecule has 0 bridgehead atoms. The minimum Gasteiger partial charge on any atom is -0.340 e. The number of hydrogen-bond acceptors (Lipinski definition) is 2. The van der Waals surface area contributed by atoms with Crippen LogP contribution in [0.5, 0.6) is 0 Å². The number of hydrogen-bond donors (Lipinski definition) is 2. The summed E-state index contributed by atoms with van der Waals surface area (Å²) in [7, 11) is 0. The lowest BCUT2D eigenvalue weighted by Gasteiger charge is -2.25. The van der Waals surface area contributed by atoms with Crippen LogP contribution in [0.15, 0.2) is 12.1 Å². The fraction of sp³-hybridized carbons (Fsp3) is 0.562. The van der Waals surface area contributed by atoms with Crippen LogP contribution >= 0.6 is 0 Å². The van der Waals surface area contributed by atoms with E-state index in [2.05, 4.69) is 31.0 Å². The van der Waals surface area contributed by atoms with Gasteiger partial charge in [-0.2, -0.15) is 0 Å². The van der Waals surface area contributed by atoms with Crippen LogP contribution in [0.1, 0.15) is 55.5 Å². The highest BCUT2D eigenvalue weighted by Crippen LogP contribution is 2.33. The van der Waals surface area contributed by atoms with E-state index in [1.165, 1.54) is 36.8 Å². The topological polar surface area (TPSA) is 54.7 Å². The molecule has 0 radical (unpaired) electrons. The van der Waals surface area contributed by atoms with Gasteiger partial charge in [0.25, 0.3) is 0 Å². The van der Waals surface area contributed by atoms with Gasteiger partial charge in [0.2, 0.25) is 0 Å². The first-order chi connectivity index (χ1) is 9.08. The Hall–Kier alpha value is -1.35. The zero-order valence-corrected chi connectivity index (χ0v) is 11.9. The number of aromatic nitrogens is 2. The Morgan fingerprint density at radius 2 is 1.79 bits per heavy atom. The van der Waals surface area contributed by atoms with Crippen LogP contribution in [0.3, 0.4) is 0 Å². The third-order valence-corrected chi connectivity index (χ3v) is 4.39. The fourth-order valence-corrected chi connectivity index (χ4v) is 3.30. The Labute approximate surface area is 114 Å². The van der Waals surface area contributed by atoms with Crippen LogP contribution in [0, 0.1) is 13.8 Å². The zero-order valence-electron chi connectivity index (χ0n) is 11.9. The summed E-state index contributed by atoms with van der Waals surface area (Å²) in [5, 5.41) is 0. The molecule has 3 nitrogen and oxygen atoms in total. The number of benzene rings is 1. The highest BCUT2D eigenvalue weighted by atomic mass is 15.0. The lowest BCUT2D eigenvalue weighted by molar-refractivity contribution is 0.366. The largest absolute Gasteiger partial charge is 0.340 e. The highest BCUT2D eigenvalue weighted by molar-refractivity contribution is 5.79. The first-order valence-electron chi connectivity index (χ1n) is 7.35. The van der Waals surface area contributed by atoms with Crippen molar-refractivity contribution < 1.29 is 0 Å². The number of nitrogens with two attached hydrogens (primary N) is 1. The maximum absolute atomic E-state index is 6.64. The molecule has 19 heavy (non-hydrogen) atoms. The molecule has 0 atom stereocenters. The maximum Gasteiger partial charge on any atom is 0.127 e. The molecular formula is C16H23N3. The van der Waals surface area contributed by atoms with Crippen LogP contribution in [0.4, 0.5) is 0 Å². The Balaban J connectivity index is 2.07. The Bertz CT molecular complexity index is 589. The molecule has 0 saturated heterocycles. The van der Waals surface area contributed by atoms with Crippen molar-refractivity contribution in [1.29, 1.82) is 0 Å². The molecule has 2 aromatic rings. The van der Waals surface area contributed by atoms with Gasteiger partial charge in [0.1, 0.15) is 5.82 Å². The highest BCUT2D eigenvalue weighted by Gasteiger charge is 2.31. The van der Waals surface area contributed by atoms with E-state index in [9.17, 15) is 0 Å². The molecule has 1 aromatic carbocycles. The van der Waals surface area contributed by atoms with E-state index in [1.54, 1.807) is 0 Å². The van der Waals surface area contributed by atoms with Crippen LogP contribution in [-0.2, 0) is 5.54 Å². The number of H-pyrrole nitrogens is 1. The molecule has 1 aliphatic carbocycles. The van der Waals surface area contributed by atoms with Crippen LogP contribution < -0.4 is 5.73 Å². The molecule has 1 fully saturated rings. The second-order valence-electron chi connectivity index (χ2n) is 6.13. The second-order valence-corrected chi connectivity index (χ2v) is 6.13. The fourth-order valence-electron chi connectivity index (χ4n) is 3.30. The minimum atomic E-state index is -0.254. The Morgan fingerprint density at radius 1 is 1.11 bits per heavy atom. The van der Waals surface area contributed by atoms with Crippen LogP contribution in [0.25, 0.3) is 11.0 Å². The van der Waals surface area contributed by atoms with Crippen molar-refractivity contribution in [2.75, 3.05) is 0 Å². The molecule has 0 amide bonds. The molecule has 3 N–H and O–H groups in total. The van der Waals surface area contributed by atoms with E-state index in [0.29, 0.717) is 0 Å². The van der Waals surface area contributed by atoms with Gasteiger partial charge in [-0.05, 0) is 43.9 Å². The Morgan fingerprint density at radius 3 is 2.47 bits per heavy atom. The average Bonchev–Trinajstić information content (AvgIpc) is 2.66. The van der Waals surface area contributed by atoms with Gasteiger partial charge < -0.3 is 10.7 Å². The molecule has 3 heteroatoms. The number of nitrogens with zero attached hydrogens (tertiary/aromatic N) is 1. The first kappa shape index (κ1) is 12.7. The molecule has 1 aromatic heterocycles. The van der Waals surface area contributed by atoms with Crippen molar-refractivity contribution in [3.63, 3.8) is 0 Å². The number of aromatic amines is 1. The van der Waals surface area contributed by atoms with E-state index >= 15 is 0 Å². The van der Waals surface area contributed by atoms with Gasteiger partial charge in [-0.3, -0.25) is 0 Å². The maximum atomic E-state index is 6.64. The predicted octanol–water partition coefficient (Wildman–Crippen LogP) is 3.69. The van der Waals surface area contributed by atoms with Crippen molar-refractivity contribution in [3.05, 3.63) is 29.1 Å². The molecule has 0 aliphatic heterocycles. The van der Waals surface area contributed by atoms with Gasteiger partial charge in [-0.15, -0.1) is 0 Å². The normalized spacial score (nSPS) is 19.5. The third kappa shape index (κ3) is 2.27. The minimum absolute atomic E-state index is 0.254. The summed E-state index contributed by atoms with van der Waals surface area (Å²) in [6.45, 7) is 4.24. The second kappa shape index (κ2) is 4.64. The van der Waals surface area contributed by atoms with Gasteiger partial charge in [-0.25, -0.2) is 4.98 Å². The molecule has 3 rings (SSSR count). The number of rotatable bonds is 1. The average molecular weight is 257 g/mol. The Kier molecular flexibility index (Phi) is 3.09. The molecule has 1 aliphatic rings. The standard InChI is InChI=1S/C16H23N3/c1-11-9-12(2)14-13(10-11)18-15(19-14)16(17)7-5-3-4-6-8-16/h9-10H,3-8,17H2,1-2H3,(H,18,19). The summed E-state index contributed by atoms with van der Waals surface area (Å²) in [5.41, 5.74) is 11.1. The molecule has 1 saturated carbocycles. The van der Waals surface area contributed by atoms with E-state index in [-0.39, 0.29) is 5.54 Å². The summed E-state index contributed by atoms with van der Waals surface area (Å²) in [4.78, 5) is 8.29. The van der Waals surface area contributed by atoms with Crippen molar-refractivity contribution in [2.24, 2.45) is 5.73 Å². The number of fused-ring (bicyclic) bond motifs is 1. The summed E-state index contributed by atoms with van der Waals surface area (Å²) in [6.07, 6.45) is 7.13. The van der Waals surface area contributed by atoms with Crippen molar-refractivity contribution in [1.82, 2.24) is 9.97 Å². The van der Waals surface area contributed by atoms with E-state index in [0.717, 1.165) is 29.7 Å². The number of imidazole rings is 1. The van der Waals surface area contributed by atoms with Crippen molar-refractivity contribution in [3.8, 4) is 0 Å². The van der Waals surface area contributed by atoms with Gasteiger partial charge in [0.15, 0.2) is 0 Å². The van der Waals surface area contributed by atoms with E-state index in [4.69, 9.17) is 10.7 Å². The summed E-state index contributed by atoms with van der Waals surface area (Å²) in [5.74, 6) is 0.984. The summed E-state index contributed by atoms with van der Waals surface area (Å²) in [6, 6.07) is 4.35. The molecular weight excluding hydrogens is 234 g/mol. The number of nitrogens with one attached hydrogen (secondary N) is 1. The smallest absolute Gasteiger partial charge is 0.127 e. The van der Waals surface area contributed by atoms with Gasteiger partial charge in [0, 0.05) is 0 Å². The zero-order chi connectivity index (χ0) is 13.5. The van der Waals surface area contributed by atoms with Gasteiger partial charge in [0.05, 0.1) is 16.6 Å². The lowest BCUT2D eigenvalue weighted by atomic mass is 9.91. The number of aryl methyl sites for hydroxylation is 2. The molecule has 0 spiro atoms. The molecule has 1 heterocycles. The summed E-state index contributed by atoms with van der Waals surface area (Å²) < 4.78 is 0. The lowest BCUT2D eigenvalue weighted by Crippen LogP contribution is -2.37. The first-order valence-corrected chi connectivity index (χ1v) is 7.35. The van der Waals surface area contributed by atoms with Crippen molar-refractivity contribution in [2.45, 2.75) is 57.9 Å². The van der Waals surface area contributed by atoms with Crippen molar-refractivity contribution >= 4 is 11.0 Å². The monoisotopic (exact) mass is 257 g/mol. The quantitative estimate of drug-likeness (QED) is 0.765. The van der Waals surface area contributed by atoms with Gasteiger partial charge >= 0.3 is 0 Å². The predicted molar refractivity (Wildman–Crippen MR) is 79.1 cm³/mol. The van der Waals surface area contributed by atoms with E-state index in [1.807, 2.05) is 0 Å². The SMILES string of the molecule is Cc1cc(C)c2nc(C3(N)CCCCCC3)[nH]c2c1. The van der Waals surface area contributed by atoms with Gasteiger partial charge in [-0.1, -0.05) is 31.7 Å². The van der Waals surface area contributed by atoms with Crippen LogP contribution in [0.2, 0.25) is 0 Å². The summed E-state index contributed by atoms with van der Waals surface area (Å²) >= 11 is 0. The molecule has 0 unspecified atom stereocenters. The van der Waals surface area contributed by atoms with E-state index < -0.39 is 0 Å². The molecule has 102 valence electrons. The van der Waals surface area contributed by atoms with Crippen LogP contribution in [-0.4, -0.2) is 9.97 Å².